The van der Waals surface area contributed by atoms with Gasteiger partial charge < -0.3 is 4.57 Å². The number of hydrogen-bond donors (Lipinski definition) is 1. The van der Waals surface area contributed by atoms with Crippen LogP contribution in [0.2, 0.25) is 5.02 Å². The van der Waals surface area contributed by atoms with Crippen molar-refractivity contribution in [3.8, 4) is 5.69 Å². The average molecular weight is 471 g/mol. The lowest BCUT2D eigenvalue weighted by molar-refractivity contribution is -0.122. The molecule has 1 aliphatic rings. The summed E-state index contributed by atoms with van der Waals surface area (Å²) >= 11 is 9.28. The number of carbonyl (C=O) groups is 3. The third-order valence-electron chi connectivity index (χ3n) is 4.36. The van der Waals surface area contributed by atoms with E-state index in [-0.39, 0.29) is 5.57 Å². The number of anilines is 1. The number of amides is 4. The van der Waals surface area contributed by atoms with Gasteiger partial charge in [0.1, 0.15) is 5.57 Å². The van der Waals surface area contributed by atoms with Crippen LogP contribution in [0, 0.1) is 0 Å². The van der Waals surface area contributed by atoms with Crippen molar-refractivity contribution >= 4 is 57.1 Å². The lowest BCUT2D eigenvalue weighted by atomic mass is 10.1. The van der Waals surface area contributed by atoms with Gasteiger partial charge in [0.2, 0.25) is 0 Å². The van der Waals surface area contributed by atoms with Crippen LogP contribution in [-0.2, 0) is 9.59 Å². The third-order valence-corrected chi connectivity index (χ3v) is 5.14. The second-order valence-electron chi connectivity index (χ2n) is 6.21. The highest BCUT2D eigenvalue weighted by atomic mass is 79.9. The van der Waals surface area contributed by atoms with Crippen molar-refractivity contribution in [3.05, 3.63) is 87.6 Å². The molecule has 0 radical (unpaired) electrons. The van der Waals surface area contributed by atoms with Crippen molar-refractivity contribution < 1.29 is 14.4 Å². The molecule has 2 aromatic carbocycles. The second kappa shape index (κ2) is 7.69. The van der Waals surface area contributed by atoms with Crippen LogP contribution in [0.4, 0.5) is 10.5 Å². The van der Waals surface area contributed by atoms with Gasteiger partial charge in [0.25, 0.3) is 11.8 Å². The first-order chi connectivity index (χ1) is 13.9. The minimum absolute atomic E-state index is 0.142. The van der Waals surface area contributed by atoms with Gasteiger partial charge in [0.15, 0.2) is 0 Å². The Morgan fingerprint density at radius 3 is 2.24 bits per heavy atom. The summed E-state index contributed by atoms with van der Waals surface area (Å²) in [5.74, 6) is -1.45. The third kappa shape index (κ3) is 3.74. The summed E-state index contributed by atoms with van der Waals surface area (Å²) in [6.07, 6.45) is 3.29. The predicted octanol–water partition coefficient (Wildman–Crippen LogP) is 4.56. The van der Waals surface area contributed by atoms with E-state index in [2.05, 4.69) is 21.2 Å². The van der Waals surface area contributed by atoms with Gasteiger partial charge in [-0.05, 0) is 66.7 Å². The fourth-order valence-electron chi connectivity index (χ4n) is 2.98. The van der Waals surface area contributed by atoms with Crippen LogP contribution < -0.4 is 10.2 Å². The lowest BCUT2D eigenvalue weighted by Crippen LogP contribution is -2.54. The molecule has 0 saturated carbocycles. The summed E-state index contributed by atoms with van der Waals surface area (Å²) in [4.78, 5) is 38.5. The maximum absolute atomic E-state index is 13.0. The van der Waals surface area contributed by atoms with Crippen molar-refractivity contribution in [2.45, 2.75) is 0 Å². The van der Waals surface area contributed by atoms with E-state index in [1.165, 1.54) is 18.2 Å². The van der Waals surface area contributed by atoms with Gasteiger partial charge in [-0.25, -0.2) is 9.69 Å². The van der Waals surface area contributed by atoms with E-state index in [9.17, 15) is 14.4 Å². The molecule has 0 bridgehead atoms. The Morgan fingerprint density at radius 1 is 0.897 bits per heavy atom. The quantitative estimate of drug-likeness (QED) is 0.451. The molecule has 0 spiro atoms. The Morgan fingerprint density at radius 2 is 1.55 bits per heavy atom. The molecule has 0 unspecified atom stereocenters. The first-order valence-corrected chi connectivity index (χ1v) is 9.71. The van der Waals surface area contributed by atoms with Crippen molar-refractivity contribution in [1.29, 1.82) is 0 Å². The molecule has 1 aromatic heterocycles. The number of aromatic nitrogens is 1. The van der Waals surface area contributed by atoms with Crippen LogP contribution in [-0.4, -0.2) is 22.4 Å². The minimum atomic E-state index is -0.803. The molecular formula is C21H13BrClN3O3. The van der Waals surface area contributed by atoms with Gasteiger partial charge >= 0.3 is 6.03 Å². The molecule has 3 aromatic rings. The smallest absolute Gasteiger partial charge is 0.317 e. The highest BCUT2D eigenvalue weighted by Gasteiger charge is 2.36. The van der Waals surface area contributed by atoms with E-state index in [1.807, 2.05) is 41.1 Å². The number of barbiturate groups is 1. The topological polar surface area (TPSA) is 71.4 Å². The maximum Gasteiger partial charge on any atom is 0.335 e. The highest BCUT2D eigenvalue weighted by Crippen LogP contribution is 2.24. The molecule has 1 N–H and O–H groups in total. The highest BCUT2D eigenvalue weighted by molar-refractivity contribution is 9.10. The van der Waals surface area contributed by atoms with Crippen LogP contribution in [0.5, 0.6) is 0 Å². The van der Waals surface area contributed by atoms with Gasteiger partial charge in [0, 0.05) is 27.1 Å². The molecule has 1 fully saturated rings. The number of benzene rings is 2. The fourth-order valence-corrected chi connectivity index (χ4v) is 3.37. The van der Waals surface area contributed by atoms with Crippen LogP contribution in [0.3, 0.4) is 0 Å². The maximum atomic E-state index is 13.0. The summed E-state index contributed by atoms with van der Waals surface area (Å²) in [6.45, 7) is 0. The molecule has 1 saturated heterocycles. The fraction of sp³-hybridized carbons (Fsp3) is 0. The van der Waals surface area contributed by atoms with Crippen molar-refractivity contribution in [1.82, 2.24) is 9.88 Å². The first-order valence-electron chi connectivity index (χ1n) is 8.54. The number of rotatable bonds is 3. The Balaban J connectivity index is 1.73. The summed E-state index contributed by atoms with van der Waals surface area (Å²) in [7, 11) is 0. The number of hydrogen-bond acceptors (Lipinski definition) is 3. The van der Waals surface area contributed by atoms with E-state index in [4.69, 9.17) is 11.6 Å². The number of urea groups is 1. The van der Waals surface area contributed by atoms with E-state index >= 15 is 0 Å². The van der Waals surface area contributed by atoms with Gasteiger partial charge in [-0.15, -0.1) is 0 Å². The summed E-state index contributed by atoms with van der Waals surface area (Å²) in [6, 6.07) is 16.6. The number of carbonyl (C=O) groups excluding carboxylic acids is 3. The Labute approximate surface area is 179 Å². The minimum Gasteiger partial charge on any atom is -0.317 e. The summed E-state index contributed by atoms with van der Waals surface area (Å²) in [5, 5.41) is 2.68. The van der Waals surface area contributed by atoms with Gasteiger partial charge in [-0.2, -0.15) is 0 Å². The molecule has 29 heavy (non-hydrogen) atoms. The summed E-state index contributed by atoms with van der Waals surface area (Å²) in [5.41, 5.74) is 1.66. The standard InChI is InChI=1S/C21H13BrClN3O3/c22-13-3-7-15(8-4-13)25-11-1-2-17(25)12-18-19(27)24-21(29)26(20(18)28)16-9-5-14(23)6-10-16/h1-12H,(H,24,27,29)/b18-12-. The van der Waals surface area contributed by atoms with Crippen LogP contribution in [0.25, 0.3) is 11.8 Å². The van der Waals surface area contributed by atoms with Gasteiger partial charge in [-0.3, -0.25) is 14.9 Å². The molecule has 2 heterocycles. The van der Waals surface area contributed by atoms with Crippen LogP contribution >= 0.6 is 27.5 Å². The molecule has 4 rings (SSSR count). The van der Waals surface area contributed by atoms with E-state index in [0.29, 0.717) is 16.4 Å². The zero-order valence-corrected chi connectivity index (χ0v) is 17.1. The first kappa shape index (κ1) is 19.2. The Hall–Kier alpha value is -3.16. The molecule has 1 aliphatic heterocycles. The second-order valence-corrected chi connectivity index (χ2v) is 7.57. The van der Waals surface area contributed by atoms with Crippen LogP contribution in [0.15, 0.2) is 76.9 Å². The number of nitrogens with zero attached hydrogens (tertiary/aromatic N) is 2. The Bertz CT molecular complexity index is 1150. The van der Waals surface area contributed by atoms with Gasteiger partial charge in [0.05, 0.1) is 5.69 Å². The lowest BCUT2D eigenvalue weighted by Gasteiger charge is -2.26. The van der Waals surface area contributed by atoms with Crippen molar-refractivity contribution in [2.24, 2.45) is 0 Å². The zero-order chi connectivity index (χ0) is 20.5. The molecule has 0 aliphatic carbocycles. The van der Waals surface area contributed by atoms with Crippen molar-refractivity contribution in [2.75, 3.05) is 4.90 Å². The molecule has 144 valence electrons. The average Bonchev–Trinajstić information content (AvgIpc) is 3.15. The molecule has 0 atom stereocenters. The SMILES string of the molecule is O=C1NC(=O)N(c2ccc(Cl)cc2)C(=O)/C1=C\c1cccn1-c1ccc(Br)cc1. The molecular weight excluding hydrogens is 458 g/mol. The molecule has 6 nitrogen and oxygen atoms in total. The van der Waals surface area contributed by atoms with Crippen molar-refractivity contribution in [3.63, 3.8) is 0 Å². The van der Waals surface area contributed by atoms with E-state index in [0.717, 1.165) is 15.1 Å². The zero-order valence-electron chi connectivity index (χ0n) is 14.8. The van der Waals surface area contributed by atoms with E-state index < -0.39 is 17.8 Å². The normalized spacial score (nSPS) is 15.7. The molecule has 8 heteroatoms. The van der Waals surface area contributed by atoms with Crippen LogP contribution in [0.1, 0.15) is 5.69 Å². The largest absolute Gasteiger partial charge is 0.335 e. The predicted molar refractivity (Wildman–Crippen MR) is 114 cm³/mol. The number of imide groups is 2. The number of nitrogens with one attached hydrogen (secondary N) is 1. The van der Waals surface area contributed by atoms with Gasteiger partial charge in [-0.1, -0.05) is 27.5 Å². The van der Waals surface area contributed by atoms with E-state index in [1.54, 1.807) is 18.2 Å². The Kier molecular flexibility index (Phi) is 5.08. The summed E-state index contributed by atoms with van der Waals surface area (Å²) < 4.78 is 2.77. The number of halogens is 2. The molecule has 4 amide bonds. The monoisotopic (exact) mass is 469 g/mol.